The highest BCUT2D eigenvalue weighted by Crippen LogP contribution is 2.13. The van der Waals surface area contributed by atoms with E-state index in [2.05, 4.69) is 5.32 Å². The minimum Gasteiger partial charge on any atom is -0.481 e. The number of halogens is 1. The highest BCUT2D eigenvalue weighted by molar-refractivity contribution is 5.91. The van der Waals surface area contributed by atoms with Gasteiger partial charge in [0.05, 0.1) is 5.92 Å². The van der Waals surface area contributed by atoms with E-state index in [4.69, 9.17) is 5.11 Å². The normalized spacial score (nSPS) is 11.8. The molecule has 0 spiro atoms. The van der Waals surface area contributed by atoms with Gasteiger partial charge in [0.25, 0.3) is 0 Å². The van der Waals surface area contributed by atoms with E-state index in [9.17, 15) is 14.0 Å². The highest BCUT2D eigenvalue weighted by Gasteiger charge is 2.18. The van der Waals surface area contributed by atoms with E-state index < -0.39 is 17.9 Å². The van der Waals surface area contributed by atoms with Gasteiger partial charge in [0.15, 0.2) is 0 Å². The number of anilines is 1. The van der Waals surface area contributed by atoms with E-state index in [1.54, 1.807) is 0 Å². The van der Waals surface area contributed by atoms with Crippen molar-refractivity contribution in [3.8, 4) is 0 Å². The first kappa shape index (κ1) is 15.9. The average molecular weight is 282 g/mol. The standard InChI is InChI=1S/C14H19FN2O3/c1-3-4-10(13(18)19)9-16-14(20)17(2)12-7-5-11(15)6-8-12/h5-8,10H,3-4,9H2,1-2H3,(H,16,20)(H,18,19). The summed E-state index contributed by atoms with van der Waals surface area (Å²) in [5.74, 6) is -1.89. The van der Waals surface area contributed by atoms with Gasteiger partial charge in [-0.15, -0.1) is 0 Å². The lowest BCUT2D eigenvalue weighted by Gasteiger charge is -2.19. The van der Waals surface area contributed by atoms with Crippen LogP contribution in [0.25, 0.3) is 0 Å². The molecule has 0 aliphatic rings. The van der Waals surface area contributed by atoms with Crippen LogP contribution < -0.4 is 10.2 Å². The Balaban J connectivity index is 2.57. The Bertz CT molecular complexity index is 462. The molecule has 1 rings (SSSR count). The summed E-state index contributed by atoms with van der Waals surface area (Å²) in [6.45, 7) is 1.97. The third-order valence-corrected chi connectivity index (χ3v) is 3.00. The van der Waals surface area contributed by atoms with Crippen LogP contribution in [0, 0.1) is 11.7 Å². The van der Waals surface area contributed by atoms with Gasteiger partial charge in [-0.3, -0.25) is 9.69 Å². The number of rotatable bonds is 6. The fraction of sp³-hybridized carbons (Fsp3) is 0.429. The van der Waals surface area contributed by atoms with E-state index in [-0.39, 0.29) is 12.4 Å². The molecule has 0 bridgehead atoms. The van der Waals surface area contributed by atoms with Crippen LogP contribution >= 0.6 is 0 Å². The molecule has 0 aromatic heterocycles. The average Bonchev–Trinajstić information content (AvgIpc) is 2.42. The number of hydrogen-bond acceptors (Lipinski definition) is 2. The molecule has 2 amide bonds. The summed E-state index contributed by atoms with van der Waals surface area (Å²) in [5.41, 5.74) is 0.534. The predicted molar refractivity (Wildman–Crippen MR) is 74.2 cm³/mol. The quantitative estimate of drug-likeness (QED) is 0.842. The SMILES string of the molecule is CCCC(CNC(=O)N(C)c1ccc(F)cc1)C(=O)O. The van der Waals surface area contributed by atoms with Crippen molar-refractivity contribution < 1.29 is 19.1 Å². The first-order valence-electron chi connectivity index (χ1n) is 6.45. The van der Waals surface area contributed by atoms with Crippen molar-refractivity contribution in [2.45, 2.75) is 19.8 Å². The van der Waals surface area contributed by atoms with Gasteiger partial charge in [-0.05, 0) is 30.7 Å². The predicted octanol–water partition coefficient (Wildman–Crippen LogP) is 2.47. The lowest BCUT2D eigenvalue weighted by molar-refractivity contribution is -0.141. The maximum atomic E-state index is 12.8. The van der Waals surface area contributed by atoms with Crippen molar-refractivity contribution in [1.82, 2.24) is 5.32 Å². The fourth-order valence-electron chi connectivity index (χ4n) is 1.77. The van der Waals surface area contributed by atoms with Crippen LogP contribution in [0.5, 0.6) is 0 Å². The van der Waals surface area contributed by atoms with Crippen molar-refractivity contribution in [1.29, 1.82) is 0 Å². The second-order valence-electron chi connectivity index (χ2n) is 4.55. The lowest BCUT2D eigenvalue weighted by atomic mass is 10.0. The molecule has 0 radical (unpaired) electrons. The van der Waals surface area contributed by atoms with Crippen molar-refractivity contribution in [2.24, 2.45) is 5.92 Å². The van der Waals surface area contributed by atoms with Crippen LogP contribution in [0.2, 0.25) is 0 Å². The molecule has 0 aliphatic carbocycles. The Labute approximate surface area is 117 Å². The summed E-state index contributed by atoms with van der Waals surface area (Å²) < 4.78 is 12.8. The minimum atomic E-state index is -0.920. The second kappa shape index (κ2) is 7.47. The van der Waals surface area contributed by atoms with Gasteiger partial charge in [0, 0.05) is 19.3 Å². The maximum absolute atomic E-state index is 12.8. The molecule has 0 heterocycles. The lowest BCUT2D eigenvalue weighted by Crippen LogP contribution is -2.41. The summed E-state index contributed by atoms with van der Waals surface area (Å²) in [4.78, 5) is 24.2. The Morgan fingerprint density at radius 1 is 1.35 bits per heavy atom. The summed E-state index contributed by atoms with van der Waals surface area (Å²) >= 11 is 0. The highest BCUT2D eigenvalue weighted by atomic mass is 19.1. The van der Waals surface area contributed by atoms with Gasteiger partial charge in [-0.2, -0.15) is 0 Å². The smallest absolute Gasteiger partial charge is 0.321 e. The first-order valence-corrected chi connectivity index (χ1v) is 6.45. The van der Waals surface area contributed by atoms with E-state index in [1.807, 2.05) is 6.92 Å². The van der Waals surface area contributed by atoms with Crippen LogP contribution in [0.1, 0.15) is 19.8 Å². The summed E-state index contributed by atoms with van der Waals surface area (Å²) in [6, 6.07) is 5.07. The van der Waals surface area contributed by atoms with Crippen molar-refractivity contribution in [3.63, 3.8) is 0 Å². The van der Waals surface area contributed by atoms with Gasteiger partial charge >= 0.3 is 12.0 Å². The monoisotopic (exact) mass is 282 g/mol. The summed E-state index contributed by atoms with van der Waals surface area (Å²) in [7, 11) is 1.54. The number of aliphatic carboxylic acids is 1. The third-order valence-electron chi connectivity index (χ3n) is 3.00. The zero-order valence-electron chi connectivity index (χ0n) is 11.6. The number of urea groups is 1. The van der Waals surface area contributed by atoms with Crippen molar-refractivity contribution in [3.05, 3.63) is 30.1 Å². The molecule has 110 valence electrons. The van der Waals surface area contributed by atoms with Gasteiger partial charge < -0.3 is 10.4 Å². The van der Waals surface area contributed by atoms with E-state index >= 15 is 0 Å². The van der Waals surface area contributed by atoms with Gasteiger partial charge in [-0.25, -0.2) is 9.18 Å². The van der Waals surface area contributed by atoms with Crippen molar-refractivity contribution >= 4 is 17.7 Å². The summed E-state index contributed by atoms with van der Waals surface area (Å²) in [6.07, 6.45) is 1.25. The minimum absolute atomic E-state index is 0.0769. The topological polar surface area (TPSA) is 69.6 Å². The number of carboxylic acids is 1. The zero-order valence-corrected chi connectivity index (χ0v) is 11.6. The van der Waals surface area contributed by atoms with E-state index in [0.717, 1.165) is 6.42 Å². The molecule has 1 unspecified atom stereocenters. The number of carboxylic acid groups (broad SMARTS) is 1. The molecule has 5 nitrogen and oxygen atoms in total. The molecule has 2 N–H and O–H groups in total. The van der Waals surface area contributed by atoms with E-state index in [0.29, 0.717) is 12.1 Å². The number of carbonyl (C=O) groups is 2. The third kappa shape index (κ3) is 4.53. The van der Waals surface area contributed by atoms with Crippen molar-refractivity contribution in [2.75, 3.05) is 18.5 Å². The molecular weight excluding hydrogens is 263 g/mol. The molecule has 1 atom stereocenters. The number of nitrogens with zero attached hydrogens (tertiary/aromatic N) is 1. The summed E-state index contributed by atoms with van der Waals surface area (Å²) in [5, 5.41) is 11.6. The van der Waals surface area contributed by atoms with Crippen LogP contribution in [-0.4, -0.2) is 30.7 Å². The van der Waals surface area contributed by atoms with Gasteiger partial charge in [0.2, 0.25) is 0 Å². The molecular formula is C14H19FN2O3. The molecule has 20 heavy (non-hydrogen) atoms. The molecule has 1 aromatic carbocycles. The number of benzene rings is 1. The first-order chi connectivity index (χ1) is 9.45. The zero-order chi connectivity index (χ0) is 15.1. The van der Waals surface area contributed by atoms with Crippen LogP contribution in [-0.2, 0) is 4.79 Å². The maximum Gasteiger partial charge on any atom is 0.321 e. The number of nitrogens with one attached hydrogen (secondary N) is 1. The molecule has 0 saturated heterocycles. The van der Waals surface area contributed by atoms with Gasteiger partial charge in [0.1, 0.15) is 5.82 Å². The number of carbonyl (C=O) groups excluding carboxylic acids is 1. The Kier molecular flexibility index (Phi) is 5.96. The molecule has 6 heteroatoms. The van der Waals surface area contributed by atoms with Gasteiger partial charge in [-0.1, -0.05) is 13.3 Å². The molecule has 0 fully saturated rings. The number of amides is 2. The van der Waals surface area contributed by atoms with E-state index in [1.165, 1.54) is 36.2 Å². The van der Waals surface area contributed by atoms with Crippen LogP contribution in [0.3, 0.4) is 0 Å². The number of hydrogen-bond donors (Lipinski definition) is 2. The Morgan fingerprint density at radius 2 is 1.95 bits per heavy atom. The molecule has 1 aromatic rings. The largest absolute Gasteiger partial charge is 0.481 e. The Hall–Kier alpha value is -2.11. The molecule has 0 aliphatic heterocycles. The second-order valence-corrected chi connectivity index (χ2v) is 4.55. The fourth-order valence-corrected chi connectivity index (χ4v) is 1.77. The van der Waals surface area contributed by atoms with Crippen LogP contribution in [0.4, 0.5) is 14.9 Å². The Morgan fingerprint density at radius 3 is 2.45 bits per heavy atom. The van der Waals surface area contributed by atoms with Crippen LogP contribution in [0.15, 0.2) is 24.3 Å². The molecule has 0 saturated carbocycles.